The van der Waals surface area contributed by atoms with Crippen LogP contribution < -0.4 is 10.5 Å². The van der Waals surface area contributed by atoms with Crippen molar-refractivity contribution in [3.63, 3.8) is 0 Å². The molecule has 0 spiro atoms. The van der Waals surface area contributed by atoms with E-state index >= 15 is 0 Å². The molecule has 0 saturated heterocycles. The zero-order chi connectivity index (χ0) is 14.8. The first-order chi connectivity index (χ1) is 10.2. The summed E-state index contributed by atoms with van der Waals surface area (Å²) in [5, 5.41) is 6.37. The number of halogens is 1. The number of nitrogens with two attached hydrogens (primary N) is 1. The summed E-state index contributed by atoms with van der Waals surface area (Å²) in [6, 6.07) is 13.7. The fraction of sp³-hybridized carbons (Fsp3) is 0.188. The van der Waals surface area contributed by atoms with Crippen molar-refractivity contribution in [2.24, 2.45) is 5.73 Å². The van der Waals surface area contributed by atoms with E-state index in [0.717, 1.165) is 27.9 Å². The highest BCUT2D eigenvalue weighted by atomic mass is 35.5. The Labute approximate surface area is 128 Å². The Morgan fingerprint density at radius 2 is 2.05 bits per heavy atom. The maximum atomic E-state index is 6.09. The second kappa shape index (κ2) is 5.76. The molecule has 2 aromatic carbocycles. The molecule has 4 nitrogen and oxygen atoms in total. The number of ether oxygens (including phenoxy) is 1. The van der Waals surface area contributed by atoms with Crippen LogP contribution in [0.1, 0.15) is 11.3 Å². The number of benzene rings is 2. The number of para-hydroxylation sites is 1. The van der Waals surface area contributed by atoms with E-state index in [0.29, 0.717) is 18.1 Å². The van der Waals surface area contributed by atoms with Crippen LogP contribution in [-0.4, -0.2) is 16.9 Å². The lowest BCUT2D eigenvalue weighted by molar-refractivity contribution is 0.407. The molecule has 0 unspecified atom stereocenters. The zero-order valence-electron chi connectivity index (χ0n) is 11.7. The molecule has 0 bridgehead atoms. The Bertz CT molecular complexity index is 782. The first-order valence-electron chi connectivity index (χ1n) is 6.70. The monoisotopic (exact) mass is 301 g/mol. The Morgan fingerprint density at radius 3 is 2.81 bits per heavy atom. The molecule has 3 aromatic rings. The molecule has 1 heterocycles. The van der Waals surface area contributed by atoms with Crippen LogP contribution in [-0.2, 0) is 13.1 Å². The largest absolute Gasteiger partial charge is 0.496 e. The van der Waals surface area contributed by atoms with Crippen LogP contribution in [0.5, 0.6) is 5.75 Å². The van der Waals surface area contributed by atoms with E-state index in [4.69, 9.17) is 22.1 Å². The van der Waals surface area contributed by atoms with E-state index in [1.807, 2.05) is 47.1 Å². The topological polar surface area (TPSA) is 53.1 Å². The molecule has 2 N–H and O–H groups in total. The number of hydrogen-bond acceptors (Lipinski definition) is 3. The maximum absolute atomic E-state index is 6.09. The fourth-order valence-electron chi connectivity index (χ4n) is 2.50. The standard InChI is InChI=1S/C16H16ClN3O/c1-21-16-7-6-12(17)8-11(16)10-20-15-5-3-2-4-13(15)14(9-18)19-20/h2-8H,9-10,18H2,1H3. The van der Waals surface area contributed by atoms with Crippen molar-refractivity contribution in [2.75, 3.05) is 7.11 Å². The van der Waals surface area contributed by atoms with E-state index in [2.05, 4.69) is 5.10 Å². The Kier molecular flexibility index (Phi) is 3.82. The van der Waals surface area contributed by atoms with E-state index in [-0.39, 0.29) is 0 Å². The first kappa shape index (κ1) is 13.9. The number of aromatic nitrogens is 2. The van der Waals surface area contributed by atoms with Crippen LogP contribution in [0.4, 0.5) is 0 Å². The Balaban J connectivity index is 2.08. The molecule has 0 atom stereocenters. The van der Waals surface area contributed by atoms with Crippen molar-refractivity contribution < 1.29 is 4.74 Å². The molecular formula is C16H16ClN3O. The van der Waals surface area contributed by atoms with Crippen molar-refractivity contribution in [3.05, 3.63) is 58.7 Å². The van der Waals surface area contributed by atoms with Crippen LogP contribution >= 0.6 is 11.6 Å². The minimum Gasteiger partial charge on any atom is -0.496 e. The highest BCUT2D eigenvalue weighted by molar-refractivity contribution is 6.30. The van der Waals surface area contributed by atoms with Gasteiger partial charge in [-0.05, 0) is 24.3 Å². The van der Waals surface area contributed by atoms with Gasteiger partial charge in [-0.2, -0.15) is 5.10 Å². The predicted octanol–water partition coefficient (Wildman–Crippen LogP) is 3.21. The highest BCUT2D eigenvalue weighted by Crippen LogP contribution is 2.25. The maximum Gasteiger partial charge on any atom is 0.124 e. The van der Waals surface area contributed by atoms with Crippen molar-refractivity contribution in [1.29, 1.82) is 0 Å². The van der Waals surface area contributed by atoms with E-state index in [1.165, 1.54) is 0 Å². The molecular weight excluding hydrogens is 286 g/mol. The number of hydrogen-bond donors (Lipinski definition) is 1. The summed E-state index contributed by atoms with van der Waals surface area (Å²) in [5.74, 6) is 0.799. The predicted molar refractivity (Wildman–Crippen MR) is 84.7 cm³/mol. The van der Waals surface area contributed by atoms with Crippen LogP contribution in [0.25, 0.3) is 10.9 Å². The van der Waals surface area contributed by atoms with E-state index < -0.39 is 0 Å². The molecule has 0 radical (unpaired) electrons. The lowest BCUT2D eigenvalue weighted by atomic mass is 10.2. The highest BCUT2D eigenvalue weighted by Gasteiger charge is 2.11. The van der Waals surface area contributed by atoms with Gasteiger partial charge >= 0.3 is 0 Å². The average Bonchev–Trinajstić information content (AvgIpc) is 2.86. The molecule has 0 aliphatic heterocycles. The van der Waals surface area contributed by atoms with Crippen LogP contribution in [0, 0.1) is 0 Å². The molecule has 5 heteroatoms. The van der Waals surface area contributed by atoms with Crippen molar-refractivity contribution in [1.82, 2.24) is 9.78 Å². The third-order valence-corrected chi connectivity index (χ3v) is 3.73. The van der Waals surface area contributed by atoms with Gasteiger partial charge in [-0.3, -0.25) is 4.68 Å². The molecule has 0 amide bonds. The van der Waals surface area contributed by atoms with Gasteiger partial charge in [0.2, 0.25) is 0 Å². The first-order valence-corrected chi connectivity index (χ1v) is 7.07. The minimum atomic E-state index is 0.417. The van der Waals surface area contributed by atoms with Gasteiger partial charge in [0.15, 0.2) is 0 Å². The fourth-order valence-corrected chi connectivity index (χ4v) is 2.69. The number of nitrogens with zero attached hydrogens (tertiary/aromatic N) is 2. The third kappa shape index (κ3) is 2.60. The Hall–Kier alpha value is -2.04. The number of methoxy groups -OCH3 is 1. The number of fused-ring (bicyclic) bond motifs is 1. The van der Waals surface area contributed by atoms with Gasteiger partial charge in [0, 0.05) is 22.5 Å². The van der Waals surface area contributed by atoms with Gasteiger partial charge in [-0.25, -0.2) is 0 Å². The average molecular weight is 302 g/mol. The molecule has 108 valence electrons. The molecule has 1 aromatic heterocycles. The quantitative estimate of drug-likeness (QED) is 0.805. The second-order valence-corrected chi connectivity index (χ2v) is 5.22. The van der Waals surface area contributed by atoms with E-state index in [1.54, 1.807) is 7.11 Å². The van der Waals surface area contributed by atoms with Gasteiger partial charge in [0.25, 0.3) is 0 Å². The van der Waals surface area contributed by atoms with Crippen molar-refractivity contribution >= 4 is 22.5 Å². The smallest absolute Gasteiger partial charge is 0.124 e. The molecule has 0 aliphatic rings. The summed E-state index contributed by atoms with van der Waals surface area (Å²) in [7, 11) is 1.65. The minimum absolute atomic E-state index is 0.417. The molecule has 3 rings (SSSR count). The van der Waals surface area contributed by atoms with Gasteiger partial charge in [-0.1, -0.05) is 29.8 Å². The molecule has 0 fully saturated rings. The molecule has 0 aliphatic carbocycles. The summed E-state index contributed by atoms with van der Waals surface area (Å²) >= 11 is 6.09. The second-order valence-electron chi connectivity index (χ2n) is 4.78. The van der Waals surface area contributed by atoms with Gasteiger partial charge in [0.05, 0.1) is 24.9 Å². The molecule has 0 saturated carbocycles. The summed E-state index contributed by atoms with van der Waals surface area (Å²) in [6.45, 7) is 1.00. The lowest BCUT2D eigenvalue weighted by Gasteiger charge is -2.10. The lowest BCUT2D eigenvalue weighted by Crippen LogP contribution is -2.05. The van der Waals surface area contributed by atoms with E-state index in [9.17, 15) is 0 Å². The van der Waals surface area contributed by atoms with Crippen LogP contribution in [0.15, 0.2) is 42.5 Å². The van der Waals surface area contributed by atoms with Gasteiger partial charge in [0.1, 0.15) is 5.75 Å². The van der Waals surface area contributed by atoms with Gasteiger partial charge < -0.3 is 10.5 Å². The molecule has 21 heavy (non-hydrogen) atoms. The summed E-state index contributed by atoms with van der Waals surface area (Å²) in [6.07, 6.45) is 0. The zero-order valence-corrected chi connectivity index (χ0v) is 12.5. The number of rotatable bonds is 4. The van der Waals surface area contributed by atoms with Crippen LogP contribution in [0.3, 0.4) is 0 Å². The van der Waals surface area contributed by atoms with Gasteiger partial charge in [-0.15, -0.1) is 0 Å². The summed E-state index contributed by atoms with van der Waals surface area (Å²) < 4.78 is 7.33. The summed E-state index contributed by atoms with van der Waals surface area (Å²) in [4.78, 5) is 0. The van der Waals surface area contributed by atoms with Crippen molar-refractivity contribution in [2.45, 2.75) is 13.1 Å². The normalized spacial score (nSPS) is 11.0. The Morgan fingerprint density at radius 1 is 1.24 bits per heavy atom. The van der Waals surface area contributed by atoms with Crippen LogP contribution in [0.2, 0.25) is 5.02 Å². The third-order valence-electron chi connectivity index (χ3n) is 3.49. The van der Waals surface area contributed by atoms with Crippen molar-refractivity contribution in [3.8, 4) is 5.75 Å². The SMILES string of the molecule is COc1ccc(Cl)cc1Cn1nc(CN)c2ccccc21. The summed E-state index contributed by atoms with van der Waals surface area (Å²) in [5.41, 5.74) is 8.72.